The van der Waals surface area contributed by atoms with Gasteiger partial charge in [-0.2, -0.15) is 5.10 Å². The van der Waals surface area contributed by atoms with Crippen LogP contribution >= 0.6 is 0 Å². The fourth-order valence-corrected chi connectivity index (χ4v) is 2.62. The average molecular weight is 323 g/mol. The van der Waals surface area contributed by atoms with Crippen LogP contribution < -0.4 is 5.73 Å². The number of fused-ring (bicyclic) bond motifs is 1. The van der Waals surface area contributed by atoms with Gasteiger partial charge in [-0.15, -0.1) is 0 Å². The maximum absolute atomic E-state index is 14.1. The van der Waals surface area contributed by atoms with Gasteiger partial charge in [-0.05, 0) is 29.8 Å². The third-order valence-electron chi connectivity index (χ3n) is 3.75. The highest BCUT2D eigenvalue weighted by Crippen LogP contribution is 2.31. The van der Waals surface area contributed by atoms with Crippen molar-refractivity contribution in [2.45, 2.75) is 0 Å². The molecule has 0 radical (unpaired) electrons. The van der Waals surface area contributed by atoms with E-state index in [-0.39, 0.29) is 5.69 Å². The molecular weight excluding hydrogens is 312 g/mol. The maximum atomic E-state index is 14.1. The molecule has 0 atom stereocenters. The number of rotatable bonds is 2. The van der Waals surface area contributed by atoms with E-state index < -0.39 is 11.6 Å². The average Bonchev–Trinajstić information content (AvgIpc) is 2.99. The molecule has 7 heteroatoms. The van der Waals surface area contributed by atoms with E-state index in [0.29, 0.717) is 16.7 Å². The van der Waals surface area contributed by atoms with Gasteiger partial charge in [0, 0.05) is 41.3 Å². The molecular formula is C17H11F2N5. The molecule has 0 unspecified atom stereocenters. The highest BCUT2D eigenvalue weighted by molar-refractivity contribution is 5.95. The summed E-state index contributed by atoms with van der Waals surface area (Å²) in [6.45, 7) is 0. The summed E-state index contributed by atoms with van der Waals surface area (Å²) in [5.41, 5.74) is 8.68. The third kappa shape index (κ3) is 2.18. The lowest BCUT2D eigenvalue weighted by molar-refractivity contribution is 0.574. The SMILES string of the molecule is Nc1ccncc1-c1ccnc2c1cnn2-c1ccc(F)cc1F. The standard InChI is InChI=1S/C17H11F2N5/c18-10-1-2-16(14(19)7-10)24-17-13(9-23-24)11(3-6-22-17)12-8-21-5-4-15(12)20/h1-9H,(H2,20,21). The summed E-state index contributed by atoms with van der Waals surface area (Å²) in [6, 6.07) is 6.80. The van der Waals surface area contributed by atoms with Crippen LogP contribution in [0.4, 0.5) is 14.5 Å². The van der Waals surface area contributed by atoms with Crippen molar-refractivity contribution in [2.24, 2.45) is 0 Å². The minimum Gasteiger partial charge on any atom is -0.398 e. The first-order valence-corrected chi connectivity index (χ1v) is 7.13. The van der Waals surface area contributed by atoms with Crippen LogP contribution in [0.2, 0.25) is 0 Å². The van der Waals surface area contributed by atoms with Gasteiger partial charge in [0.05, 0.1) is 6.20 Å². The quantitative estimate of drug-likeness (QED) is 0.614. The molecule has 0 aliphatic rings. The Morgan fingerprint density at radius 2 is 1.83 bits per heavy atom. The van der Waals surface area contributed by atoms with Crippen molar-refractivity contribution in [1.29, 1.82) is 0 Å². The van der Waals surface area contributed by atoms with Gasteiger partial charge in [0.2, 0.25) is 0 Å². The number of anilines is 1. The zero-order valence-corrected chi connectivity index (χ0v) is 12.3. The Morgan fingerprint density at radius 3 is 2.62 bits per heavy atom. The fraction of sp³-hybridized carbons (Fsp3) is 0. The van der Waals surface area contributed by atoms with Crippen LogP contribution in [0, 0.1) is 11.6 Å². The van der Waals surface area contributed by atoms with Gasteiger partial charge in [-0.25, -0.2) is 18.4 Å². The molecule has 4 rings (SSSR count). The number of nitrogens with zero attached hydrogens (tertiary/aromatic N) is 4. The summed E-state index contributed by atoms with van der Waals surface area (Å²) in [7, 11) is 0. The first-order chi connectivity index (χ1) is 11.6. The van der Waals surface area contributed by atoms with Gasteiger partial charge in [0.15, 0.2) is 11.5 Å². The van der Waals surface area contributed by atoms with Gasteiger partial charge in [-0.1, -0.05) is 0 Å². The largest absolute Gasteiger partial charge is 0.398 e. The molecule has 24 heavy (non-hydrogen) atoms. The lowest BCUT2D eigenvalue weighted by Gasteiger charge is -2.07. The summed E-state index contributed by atoms with van der Waals surface area (Å²) < 4.78 is 28.5. The van der Waals surface area contributed by atoms with E-state index in [0.717, 1.165) is 17.2 Å². The minimum atomic E-state index is -0.715. The number of nitrogens with two attached hydrogens (primary N) is 1. The number of benzene rings is 1. The second-order valence-electron chi connectivity index (χ2n) is 5.21. The van der Waals surface area contributed by atoms with E-state index in [1.807, 2.05) is 0 Å². The molecule has 3 heterocycles. The Labute approximate surface area is 135 Å². The summed E-state index contributed by atoms with van der Waals surface area (Å²) in [5.74, 6) is -1.36. The number of hydrogen-bond donors (Lipinski definition) is 1. The molecule has 0 aliphatic carbocycles. The topological polar surface area (TPSA) is 69.6 Å². The van der Waals surface area contributed by atoms with Crippen molar-refractivity contribution in [3.8, 4) is 16.8 Å². The Balaban J connectivity index is 1.96. The summed E-state index contributed by atoms with van der Waals surface area (Å²) in [4.78, 5) is 8.36. The fourth-order valence-electron chi connectivity index (χ4n) is 2.62. The molecule has 0 saturated carbocycles. The van der Waals surface area contributed by atoms with E-state index >= 15 is 0 Å². The molecule has 0 bridgehead atoms. The summed E-state index contributed by atoms with van der Waals surface area (Å²) in [6.07, 6.45) is 6.42. The van der Waals surface area contributed by atoms with E-state index in [1.165, 1.54) is 16.8 Å². The molecule has 0 fully saturated rings. The molecule has 0 amide bonds. The number of aromatic nitrogens is 4. The van der Waals surface area contributed by atoms with Gasteiger partial charge in [0.1, 0.15) is 11.5 Å². The highest BCUT2D eigenvalue weighted by atomic mass is 19.1. The van der Waals surface area contributed by atoms with E-state index in [4.69, 9.17) is 5.73 Å². The molecule has 0 aliphatic heterocycles. The van der Waals surface area contributed by atoms with Crippen LogP contribution in [-0.4, -0.2) is 19.7 Å². The molecule has 3 aromatic heterocycles. The van der Waals surface area contributed by atoms with E-state index in [1.54, 1.807) is 36.9 Å². The molecule has 118 valence electrons. The van der Waals surface area contributed by atoms with Crippen molar-refractivity contribution in [3.05, 3.63) is 66.8 Å². The minimum absolute atomic E-state index is 0.121. The molecule has 1 aromatic carbocycles. The van der Waals surface area contributed by atoms with Crippen molar-refractivity contribution < 1.29 is 8.78 Å². The zero-order chi connectivity index (χ0) is 16.7. The first kappa shape index (κ1) is 14.3. The Hall–Kier alpha value is -3.35. The maximum Gasteiger partial charge on any atom is 0.163 e. The molecule has 0 saturated heterocycles. The predicted molar refractivity (Wildman–Crippen MR) is 86.4 cm³/mol. The molecule has 4 aromatic rings. The lowest BCUT2D eigenvalue weighted by atomic mass is 10.0. The molecule has 0 spiro atoms. The van der Waals surface area contributed by atoms with E-state index in [2.05, 4.69) is 15.1 Å². The zero-order valence-electron chi connectivity index (χ0n) is 12.3. The Kier molecular flexibility index (Phi) is 3.19. The lowest BCUT2D eigenvalue weighted by Crippen LogP contribution is -2.01. The monoisotopic (exact) mass is 323 g/mol. The van der Waals surface area contributed by atoms with Crippen LogP contribution in [0.3, 0.4) is 0 Å². The van der Waals surface area contributed by atoms with Gasteiger partial charge >= 0.3 is 0 Å². The Morgan fingerprint density at radius 1 is 0.958 bits per heavy atom. The summed E-state index contributed by atoms with van der Waals surface area (Å²) >= 11 is 0. The smallest absolute Gasteiger partial charge is 0.163 e. The normalized spacial score (nSPS) is 11.1. The number of halogens is 2. The van der Waals surface area contributed by atoms with Crippen LogP contribution in [0.15, 0.2) is 55.1 Å². The van der Waals surface area contributed by atoms with Crippen LogP contribution in [0.1, 0.15) is 0 Å². The number of nitrogen functional groups attached to an aromatic ring is 1. The van der Waals surface area contributed by atoms with Gasteiger partial charge < -0.3 is 5.73 Å². The van der Waals surface area contributed by atoms with E-state index in [9.17, 15) is 8.78 Å². The van der Waals surface area contributed by atoms with Gasteiger partial charge in [-0.3, -0.25) is 4.98 Å². The third-order valence-corrected chi connectivity index (χ3v) is 3.75. The highest BCUT2D eigenvalue weighted by Gasteiger charge is 2.15. The van der Waals surface area contributed by atoms with Crippen LogP contribution in [0.25, 0.3) is 27.8 Å². The second-order valence-corrected chi connectivity index (χ2v) is 5.21. The van der Waals surface area contributed by atoms with Crippen LogP contribution in [-0.2, 0) is 0 Å². The Bertz CT molecular complexity index is 1060. The number of hydrogen-bond acceptors (Lipinski definition) is 4. The van der Waals surface area contributed by atoms with Crippen molar-refractivity contribution >= 4 is 16.7 Å². The molecule has 5 nitrogen and oxygen atoms in total. The second kappa shape index (κ2) is 5.38. The van der Waals surface area contributed by atoms with Gasteiger partial charge in [0.25, 0.3) is 0 Å². The van der Waals surface area contributed by atoms with Crippen LogP contribution in [0.5, 0.6) is 0 Å². The first-order valence-electron chi connectivity index (χ1n) is 7.13. The van der Waals surface area contributed by atoms with Crippen molar-refractivity contribution in [3.63, 3.8) is 0 Å². The predicted octanol–water partition coefficient (Wildman–Crippen LogP) is 3.34. The van der Waals surface area contributed by atoms with Crippen molar-refractivity contribution in [2.75, 3.05) is 5.73 Å². The van der Waals surface area contributed by atoms with Crippen molar-refractivity contribution in [1.82, 2.24) is 19.7 Å². The summed E-state index contributed by atoms with van der Waals surface area (Å²) in [5, 5.41) is 4.90. The number of pyridine rings is 2. The molecule has 2 N–H and O–H groups in total.